The minimum Gasteiger partial charge on any atom is -0.444 e. The van der Waals surface area contributed by atoms with E-state index in [0.29, 0.717) is 19.0 Å². The van der Waals surface area contributed by atoms with Crippen molar-refractivity contribution in [2.45, 2.75) is 73.1 Å². The van der Waals surface area contributed by atoms with Crippen molar-refractivity contribution >= 4 is 47.4 Å². The molecule has 0 saturated carbocycles. The van der Waals surface area contributed by atoms with Crippen LogP contribution in [0.25, 0.3) is 0 Å². The normalized spacial score (nSPS) is 12.9. The van der Waals surface area contributed by atoms with Gasteiger partial charge in [0.05, 0.1) is 12.6 Å². The molecule has 0 bridgehead atoms. The quantitative estimate of drug-likeness (QED) is 0.272. The van der Waals surface area contributed by atoms with Crippen LogP contribution in [0.5, 0.6) is 0 Å². The molecule has 1 heterocycles. The van der Waals surface area contributed by atoms with Gasteiger partial charge in [-0.2, -0.15) is 0 Å². The van der Waals surface area contributed by atoms with Gasteiger partial charge >= 0.3 is 6.09 Å². The molecule has 0 fully saturated rings. The van der Waals surface area contributed by atoms with Crippen molar-refractivity contribution in [3.8, 4) is 0 Å². The highest BCUT2D eigenvalue weighted by Gasteiger charge is 2.21. The topological polar surface area (TPSA) is 87.6 Å². The van der Waals surface area contributed by atoms with Crippen LogP contribution in [-0.4, -0.2) is 41.8 Å². The molecule has 1 atom stereocenters. The maximum Gasteiger partial charge on any atom is 0.407 e. The summed E-state index contributed by atoms with van der Waals surface area (Å²) in [4.78, 5) is 22.3. The largest absolute Gasteiger partial charge is 0.444 e. The zero-order chi connectivity index (χ0) is 20.4. The third-order valence-corrected chi connectivity index (χ3v) is 4.79. The number of aryl methyl sites for hydroxylation is 1. The molecule has 1 unspecified atom stereocenters. The number of hydrogen-bond acceptors (Lipinski definition) is 5. The summed E-state index contributed by atoms with van der Waals surface area (Å²) in [6.07, 6.45) is 2.50. The summed E-state index contributed by atoms with van der Waals surface area (Å²) in [5, 5.41) is 10.5. The smallest absolute Gasteiger partial charge is 0.407 e. The van der Waals surface area contributed by atoms with E-state index in [4.69, 9.17) is 4.74 Å². The Morgan fingerprint density at radius 3 is 2.46 bits per heavy atom. The van der Waals surface area contributed by atoms with E-state index in [1.165, 1.54) is 4.88 Å². The predicted octanol–water partition coefficient (Wildman–Crippen LogP) is 3.93. The van der Waals surface area contributed by atoms with Gasteiger partial charge in [-0.25, -0.2) is 14.8 Å². The molecule has 1 rings (SSSR count). The fourth-order valence-electron chi connectivity index (χ4n) is 2.19. The first-order chi connectivity index (χ1) is 12.6. The monoisotopic (exact) mass is 525 g/mol. The zero-order valence-electron chi connectivity index (χ0n) is 18.1. The summed E-state index contributed by atoms with van der Waals surface area (Å²) >= 11 is 1.69. The van der Waals surface area contributed by atoms with Crippen LogP contribution in [0.1, 0.15) is 58.4 Å². The molecule has 1 aromatic heterocycles. The molecule has 3 N–H and O–H groups in total. The van der Waals surface area contributed by atoms with Crippen molar-refractivity contribution < 1.29 is 9.53 Å². The number of guanidine groups is 1. The molecule has 0 aliphatic rings. The predicted molar refractivity (Wildman–Crippen MR) is 128 cm³/mol. The maximum absolute atomic E-state index is 12.1. The van der Waals surface area contributed by atoms with Crippen LogP contribution in [-0.2, 0) is 17.7 Å². The minimum atomic E-state index is -0.513. The lowest BCUT2D eigenvalue weighted by molar-refractivity contribution is 0.0491. The second kappa shape index (κ2) is 13.2. The molecule has 0 aliphatic heterocycles. The van der Waals surface area contributed by atoms with E-state index in [9.17, 15) is 4.79 Å². The molecule has 162 valence electrons. The van der Waals surface area contributed by atoms with Crippen molar-refractivity contribution in [1.29, 1.82) is 0 Å². The van der Waals surface area contributed by atoms with Crippen LogP contribution in [0.15, 0.2) is 11.2 Å². The van der Waals surface area contributed by atoms with E-state index >= 15 is 0 Å². The van der Waals surface area contributed by atoms with Crippen LogP contribution < -0.4 is 16.0 Å². The van der Waals surface area contributed by atoms with Gasteiger partial charge in [-0.05, 0) is 40.0 Å². The molecular weight excluding hydrogens is 489 g/mol. The molecule has 28 heavy (non-hydrogen) atoms. The lowest BCUT2D eigenvalue weighted by Gasteiger charge is -2.26. The number of ether oxygens (including phenoxy) is 1. The summed E-state index contributed by atoms with van der Waals surface area (Å²) in [5.41, 5.74) is -0.513. The Labute approximate surface area is 190 Å². The Balaban J connectivity index is 0.00000729. The number of carbonyl (C=O) groups excluding carboxylic acids is 1. The van der Waals surface area contributed by atoms with Crippen molar-refractivity contribution in [2.75, 3.05) is 13.1 Å². The second-order valence-electron chi connectivity index (χ2n) is 7.65. The Morgan fingerprint density at radius 2 is 1.96 bits per heavy atom. The number of nitrogens with zero attached hydrogens (tertiary/aromatic N) is 2. The maximum atomic E-state index is 12.1. The van der Waals surface area contributed by atoms with E-state index in [2.05, 4.69) is 46.7 Å². The summed E-state index contributed by atoms with van der Waals surface area (Å²) in [6, 6.07) is -0.0738. The molecule has 0 aromatic carbocycles. The summed E-state index contributed by atoms with van der Waals surface area (Å²) < 4.78 is 5.36. The third-order valence-electron chi connectivity index (χ3n) is 3.66. The number of halogens is 1. The Morgan fingerprint density at radius 1 is 1.29 bits per heavy atom. The third kappa shape index (κ3) is 11.0. The number of thiazole rings is 1. The van der Waals surface area contributed by atoms with Crippen molar-refractivity contribution in [3.63, 3.8) is 0 Å². The standard InChI is InChI=1S/C19H35N5O2S.HI/c1-8-14-10-21-16(27-14)12-23-17(20-9-2)22-11-15(13(3)4)24-18(25)26-19(5,6)7;/h10,13,15H,8-9,11-12H2,1-7H3,(H,24,25)(H2,20,22,23);1H. The van der Waals surface area contributed by atoms with Gasteiger partial charge in [-0.1, -0.05) is 20.8 Å². The highest BCUT2D eigenvalue weighted by atomic mass is 127. The number of alkyl carbamates (subject to hydrolysis) is 1. The Kier molecular flexibility index (Phi) is 12.7. The molecule has 0 spiro atoms. The van der Waals surface area contributed by atoms with Gasteiger partial charge < -0.3 is 20.7 Å². The second-order valence-corrected chi connectivity index (χ2v) is 8.85. The average Bonchev–Trinajstić information content (AvgIpc) is 3.02. The van der Waals surface area contributed by atoms with E-state index in [-0.39, 0.29) is 35.9 Å². The number of rotatable bonds is 8. The average molecular weight is 526 g/mol. The first-order valence-corrected chi connectivity index (χ1v) is 10.4. The van der Waals surface area contributed by atoms with Crippen molar-refractivity contribution in [1.82, 2.24) is 20.9 Å². The van der Waals surface area contributed by atoms with Crippen LogP contribution in [0.2, 0.25) is 0 Å². The molecule has 0 radical (unpaired) electrons. The van der Waals surface area contributed by atoms with Gasteiger partial charge in [0.2, 0.25) is 0 Å². The lowest BCUT2D eigenvalue weighted by atomic mass is 10.0. The number of amides is 1. The van der Waals surface area contributed by atoms with Crippen LogP contribution in [0.3, 0.4) is 0 Å². The molecule has 0 aliphatic carbocycles. The van der Waals surface area contributed by atoms with Gasteiger partial charge in [0.15, 0.2) is 5.96 Å². The fraction of sp³-hybridized carbons (Fsp3) is 0.737. The van der Waals surface area contributed by atoms with E-state index in [0.717, 1.165) is 18.0 Å². The first kappa shape index (κ1) is 26.9. The summed E-state index contributed by atoms with van der Waals surface area (Å²) in [6.45, 7) is 15.7. The number of carbonyl (C=O) groups is 1. The highest BCUT2D eigenvalue weighted by molar-refractivity contribution is 14.0. The fourth-order valence-corrected chi connectivity index (χ4v) is 2.98. The van der Waals surface area contributed by atoms with Gasteiger partial charge in [0, 0.05) is 24.2 Å². The molecule has 1 amide bonds. The van der Waals surface area contributed by atoms with Crippen molar-refractivity contribution in [3.05, 3.63) is 16.1 Å². The molecule has 0 saturated heterocycles. The molecule has 7 nitrogen and oxygen atoms in total. The molecule has 9 heteroatoms. The Hall–Kier alpha value is -1.10. The van der Waals surface area contributed by atoms with Crippen LogP contribution in [0.4, 0.5) is 4.79 Å². The zero-order valence-corrected chi connectivity index (χ0v) is 21.2. The lowest BCUT2D eigenvalue weighted by Crippen LogP contribution is -2.50. The minimum absolute atomic E-state index is 0. The number of aliphatic imine (C=N–C) groups is 1. The molecule has 1 aromatic rings. The highest BCUT2D eigenvalue weighted by Crippen LogP contribution is 2.14. The van der Waals surface area contributed by atoms with Gasteiger partial charge in [-0.3, -0.25) is 0 Å². The van der Waals surface area contributed by atoms with Gasteiger partial charge in [0.25, 0.3) is 0 Å². The number of aromatic nitrogens is 1. The summed E-state index contributed by atoms with van der Waals surface area (Å²) in [7, 11) is 0. The first-order valence-electron chi connectivity index (χ1n) is 9.59. The van der Waals surface area contributed by atoms with Crippen molar-refractivity contribution in [2.24, 2.45) is 10.9 Å². The van der Waals surface area contributed by atoms with Gasteiger partial charge in [-0.15, -0.1) is 35.3 Å². The van der Waals surface area contributed by atoms with Crippen LogP contribution >= 0.6 is 35.3 Å². The van der Waals surface area contributed by atoms with Crippen LogP contribution in [0, 0.1) is 5.92 Å². The Bertz CT molecular complexity index is 614. The summed E-state index contributed by atoms with van der Waals surface area (Å²) in [5.74, 6) is 0.960. The van der Waals surface area contributed by atoms with Gasteiger partial charge in [0.1, 0.15) is 10.6 Å². The van der Waals surface area contributed by atoms with E-state index < -0.39 is 11.7 Å². The molecular formula is C19H36IN5O2S. The number of hydrogen-bond donors (Lipinski definition) is 3. The van der Waals surface area contributed by atoms with E-state index in [1.54, 1.807) is 11.3 Å². The SMILES string of the molecule is CCNC(=NCc1ncc(CC)s1)NCC(NC(=O)OC(C)(C)C)C(C)C.I. The number of nitrogens with one attached hydrogen (secondary N) is 3. The van der Waals surface area contributed by atoms with E-state index in [1.807, 2.05) is 33.9 Å².